The summed E-state index contributed by atoms with van der Waals surface area (Å²) in [6.45, 7) is 2.08. The SMILES string of the molecule is CCCCCC/C=C\CCCCCCCCCC(=O)OC[C@H](COP(=O)(O)OC[C@@H](O)CO)OC(=O)CCC/C=C\C/C=C\C/C=C\C/C=C\CC(O)CCC. The molecule has 0 rings (SSSR count). The minimum atomic E-state index is -4.64. The molecule has 324 valence electrons. The van der Waals surface area contributed by atoms with Gasteiger partial charge in [-0.2, -0.15) is 0 Å². The Morgan fingerprint density at radius 3 is 1.68 bits per heavy atom. The van der Waals surface area contributed by atoms with E-state index in [9.17, 15) is 29.3 Å². The van der Waals surface area contributed by atoms with Crippen molar-refractivity contribution in [3.8, 4) is 0 Å². The van der Waals surface area contributed by atoms with Crippen molar-refractivity contribution in [1.29, 1.82) is 0 Å². The second kappa shape index (κ2) is 39.5. The molecule has 56 heavy (non-hydrogen) atoms. The fourth-order valence-electron chi connectivity index (χ4n) is 5.41. The first kappa shape index (κ1) is 53.6. The summed E-state index contributed by atoms with van der Waals surface area (Å²) in [5.74, 6) is -1.02. The topological polar surface area (TPSA) is 169 Å². The summed E-state index contributed by atoms with van der Waals surface area (Å²) in [5.41, 5.74) is 0. The lowest BCUT2D eigenvalue weighted by Crippen LogP contribution is -2.29. The van der Waals surface area contributed by atoms with Gasteiger partial charge in [0.25, 0.3) is 0 Å². The number of hydrogen-bond acceptors (Lipinski definition) is 10. The Hall–Kier alpha value is -2.37. The Morgan fingerprint density at radius 1 is 0.571 bits per heavy atom. The number of phosphoric acid groups is 1. The predicted octanol–water partition coefficient (Wildman–Crippen LogP) is 10.1. The molecule has 0 spiro atoms. The van der Waals surface area contributed by atoms with E-state index in [4.69, 9.17) is 19.1 Å². The van der Waals surface area contributed by atoms with Crippen LogP contribution in [-0.2, 0) is 32.7 Å². The van der Waals surface area contributed by atoms with Crippen LogP contribution in [0.15, 0.2) is 60.8 Å². The van der Waals surface area contributed by atoms with Crippen LogP contribution in [0.1, 0.15) is 162 Å². The molecule has 0 saturated heterocycles. The maximum absolute atomic E-state index is 12.6. The molecule has 0 aromatic carbocycles. The van der Waals surface area contributed by atoms with E-state index in [1.54, 1.807) is 0 Å². The van der Waals surface area contributed by atoms with Gasteiger partial charge in [0.15, 0.2) is 6.10 Å². The van der Waals surface area contributed by atoms with Crippen molar-refractivity contribution < 1.29 is 52.9 Å². The summed E-state index contributed by atoms with van der Waals surface area (Å²) in [5, 5.41) is 28.0. The van der Waals surface area contributed by atoms with E-state index >= 15 is 0 Å². The number of carbonyl (C=O) groups excluding carboxylic acids is 2. The molecular formula is C44H77O11P. The van der Waals surface area contributed by atoms with Gasteiger partial charge in [0.2, 0.25) is 0 Å². The van der Waals surface area contributed by atoms with Gasteiger partial charge < -0.3 is 29.7 Å². The molecule has 0 aromatic rings. The van der Waals surface area contributed by atoms with E-state index in [-0.39, 0.29) is 25.6 Å². The van der Waals surface area contributed by atoms with Gasteiger partial charge in [0.05, 0.1) is 25.9 Å². The first-order valence-corrected chi connectivity index (χ1v) is 22.8. The highest BCUT2D eigenvalue weighted by Crippen LogP contribution is 2.43. The number of phosphoric ester groups is 1. The number of rotatable bonds is 39. The average Bonchev–Trinajstić information content (AvgIpc) is 3.18. The Labute approximate surface area is 338 Å². The van der Waals surface area contributed by atoms with Gasteiger partial charge >= 0.3 is 19.8 Å². The van der Waals surface area contributed by atoms with Crippen molar-refractivity contribution in [2.75, 3.05) is 26.4 Å². The molecule has 11 nitrogen and oxygen atoms in total. The molecule has 0 aliphatic rings. The second-order valence-electron chi connectivity index (χ2n) is 14.2. The van der Waals surface area contributed by atoms with E-state index in [0.717, 1.165) is 57.8 Å². The lowest BCUT2D eigenvalue weighted by Gasteiger charge is -2.20. The molecule has 2 unspecified atom stereocenters. The van der Waals surface area contributed by atoms with Gasteiger partial charge in [-0.3, -0.25) is 18.6 Å². The molecule has 4 atom stereocenters. The number of hydrogen-bond donors (Lipinski definition) is 4. The highest BCUT2D eigenvalue weighted by molar-refractivity contribution is 7.47. The number of carbonyl (C=O) groups is 2. The lowest BCUT2D eigenvalue weighted by atomic mass is 10.1. The highest BCUT2D eigenvalue weighted by atomic mass is 31.2. The van der Waals surface area contributed by atoms with Gasteiger partial charge in [-0.25, -0.2) is 4.57 Å². The molecule has 0 amide bonds. The Bertz CT molecular complexity index is 1130. The first-order valence-electron chi connectivity index (χ1n) is 21.3. The highest BCUT2D eigenvalue weighted by Gasteiger charge is 2.27. The van der Waals surface area contributed by atoms with Gasteiger partial charge in [0, 0.05) is 12.8 Å². The maximum atomic E-state index is 12.6. The van der Waals surface area contributed by atoms with Gasteiger partial charge in [0.1, 0.15) is 12.7 Å². The molecule has 0 aromatic heterocycles. The van der Waals surface area contributed by atoms with Crippen LogP contribution in [0.3, 0.4) is 0 Å². The monoisotopic (exact) mass is 813 g/mol. The molecule has 0 saturated carbocycles. The maximum Gasteiger partial charge on any atom is 0.472 e. The Morgan fingerprint density at radius 2 is 1.07 bits per heavy atom. The summed E-state index contributed by atoms with van der Waals surface area (Å²) >= 11 is 0. The van der Waals surface area contributed by atoms with Crippen LogP contribution in [0, 0.1) is 0 Å². The van der Waals surface area contributed by atoms with Crippen molar-refractivity contribution in [3.05, 3.63) is 60.8 Å². The summed E-state index contributed by atoms with van der Waals surface area (Å²) < 4.78 is 32.6. The molecular weight excluding hydrogens is 735 g/mol. The zero-order valence-electron chi connectivity index (χ0n) is 34.7. The lowest BCUT2D eigenvalue weighted by molar-refractivity contribution is -0.161. The van der Waals surface area contributed by atoms with E-state index in [1.807, 2.05) is 18.2 Å². The first-order chi connectivity index (χ1) is 27.1. The third kappa shape index (κ3) is 38.5. The van der Waals surface area contributed by atoms with Gasteiger partial charge in [-0.15, -0.1) is 0 Å². The second-order valence-corrected chi connectivity index (χ2v) is 15.6. The van der Waals surface area contributed by atoms with E-state index in [0.29, 0.717) is 25.7 Å². The minimum Gasteiger partial charge on any atom is -0.462 e. The summed E-state index contributed by atoms with van der Waals surface area (Å²) in [4.78, 5) is 34.9. The average molecular weight is 813 g/mol. The van der Waals surface area contributed by atoms with Crippen molar-refractivity contribution in [3.63, 3.8) is 0 Å². The molecule has 12 heteroatoms. The third-order valence-corrected chi connectivity index (χ3v) is 9.65. The van der Waals surface area contributed by atoms with E-state index in [2.05, 4.69) is 60.9 Å². The third-order valence-electron chi connectivity index (χ3n) is 8.70. The quantitative estimate of drug-likeness (QED) is 0.0202. The van der Waals surface area contributed by atoms with Crippen LogP contribution in [-0.4, -0.2) is 76.9 Å². The molecule has 0 radical (unpaired) electrons. The van der Waals surface area contributed by atoms with Crippen molar-refractivity contribution in [2.24, 2.45) is 0 Å². The fraction of sp³-hybridized carbons (Fsp3) is 0.727. The van der Waals surface area contributed by atoms with Crippen molar-refractivity contribution >= 4 is 19.8 Å². The summed E-state index contributed by atoms with van der Waals surface area (Å²) in [6, 6.07) is 0. The molecule has 0 bridgehead atoms. The Kier molecular flexibility index (Phi) is 37.8. The van der Waals surface area contributed by atoms with E-state index < -0.39 is 51.8 Å². The number of ether oxygens (including phenoxy) is 2. The molecule has 0 aliphatic carbocycles. The summed E-state index contributed by atoms with van der Waals surface area (Å²) in [7, 11) is -4.64. The molecule has 4 N–H and O–H groups in total. The zero-order valence-corrected chi connectivity index (χ0v) is 35.6. The van der Waals surface area contributed by atoms with Crippen LogP contribution in [0.5, 0.6) is 0 Å². The predicted molar refractivity (Wildman–Crippen MR) is 225 cm³/mol. The zero-order chi connectivity index (χ0) is 41.4. The fourth-order valence-corrected chi connectivity index (χ4v) is 6.20. The van der Waals surface area contributed by atoms with Crippen molar-refractivity contribution in [1.82, 2.24) is 0 Å². The summed E-state index contributed by atoms with van der Waals surface area (Å²) in [6.07, 6.45) is 39.7. The number of allylic oxidation sites excluding steroid dienone is 9. The van der Waals surface area contributed by atoms with Gasteiger partial charge in [-0.1, -0.05) is 132 Å². The van der Waals surface area contributed by atoms with Crippen LogP contribution in [0.25, 0.3) is 0 Å². The number of aliphatic hydroxyl groups is 3. The van der Waals surface area contributed by atoms with Crippen LogP contribution in [0.2, 0.25) is 0 Å². The normalized spacial score (nSPS) is 15.0. The largest absolute Gasteiger partial charge is 0.472 e. The number of unbranched alkanes of at least 4 members (excludes halogenated alkanes) is 12. The smallest absolute Gasteiger partial charge is 0.462 e. The Balaban J connectivity index is 4.44. The van der Waals surface area contributed by atoms with E-state index in [1.165, 1.54) is 51.4 Å². The van der Waals surface area contributed by atoms with Crippen LogP contribution >= 0.6 is 7.82 Å². The molecule has 0 heterocycles. The molecule has 0 aliphatic heterocycles. The van der Waals surface area contributed by atoms with Gasteiger partial charge in [-0.05, 0) is 77.0 Å². The van der Waals surface area contributed by atoms with Crippen molar-refractivity contribution in [2.45, 2.75) is 180 Å². The molecule has 0 fully saturated rings. The standard InChI is InChI=1S/C44H77O11P/c1-3-5-6-7-8-9-10-11-12-15-18-21-24-27-30-34-43(48)52-38-42(39-54-56(50,51)53-37-41(47)36-45)55-44(49)35-31-28-25-22-19-16-13-14-17-20-23-26-29-33-40(46)32-4-2/h9-10,13,16-17,20,22,25-26,29,40-42,45-47H,3-8,11-12,14-15,18-19,21,23-24,27-28,30-39H2,1-2H3,(H,50,51)/b10-9-,16-13-,20-17-,25-22-,29-26-/t40?,41-,42+/m0/s1. The number of esters is 2. The minimum absolute atomic E-state index is 0.0905. The van der Waals surface area contributed by atoms with Crippen LogP contribution < -0.4 is 0 Å². The van der Waals surface area contributed by atoms with Crippen LogP contribution in [0.4, 0.5) is 0 Å². The number of aliphatic hydroxyl groups excluding tert-OH is 3.